The van der Waals surface area contributed by atoms with Gasteiger partial charge in [-0.3, -0.25) is 4.79 Å². The van der Waals surface area contributed by atoms with Crippen molar-refractivity contribution >= 4 is 17.3 Å². The lowest BCUT2D eigenvalue weighted by Gasteiger charge is -2.26. The largest absolute Gasteiger partial charge is 0.399 e. The molecule has 0 atom stereocenters. The highest BCUT2D eigenvalue weighted by molar-refractivity contribution is 5.99. The van der Waals surface area contributed by atoms with Crippen LogP contribution in [0.4, 0.5) is 11.4 Å². The SMILES string of the molecule is NC(=O)c1cc(N)ccc1NCCN1CCCCC1. The van der Waals surface area contributed by atoms with Crippen LogP contribution >= 0.6 is 0 Å². The lowest BCUT2D eigenvalue weighted by molar-refractivity contribution is 0.100. The van der Waals surface area contributed by atoms with Crippen LogP contribution in [0.1, 0.15) is 29.6 Å². The maximum absolute atomic E-state index is 11.4. The van der Waals surface area contributed by atoms with Crippen LogP contribution in [-0.2, 0) is 0 Å². The average Bonchev–Trinajstić information content (AvgIpc) is 2.41. The van der Waals surface area contributed by atoms with Gasteiger partial charge in [-0.25, -0.2) is 0 Å². The fourth-order valence-corrected chi connectivity index (χ4v) is 2.45. The molecule has 0 aromatic heterocycles. The summed E-state index contributed by atoms with van der Waals surface area (Å²) in [7, 11) is 0. The minimum atomic E-state index is -0.451. The Morgan fingerprint density at radius 2 is 2.00 bits per heavy atom. The van der Waals surface area contributed by atoms with Crippen molar-refractivity contribution in [3.05, 3.63) is 23.8 Å². The van der Waals surface area contributed by atoms with Gasteiger partial charge in [0.15, 0.2) is 0 Å². The van der Waals surface area contributed by atoms with Crippen LogP contribution in [0.3, 0.4) is 0 Å². The molecule has 1 fully saturated rings. The number of carbonyl (C=O) groups is 1. The summed E-state index contributed by atoms with van der Waals surface area (Å²) in [6.45, 7) is 4.14. The number of hydrogen-bond acceptors (Lipinski definition) is 4. The van der Waals surface area contributed by atoms with Gasteiger partial charge in [0.05, 0.1) is 5.56 Å². The number of nitrogens with one attached hydrogen (secondary N) is 1. The van der Waals surface area contributed by atoms with Crippen LogP contribution in [-0.4, -0.2) is 37.0 Å². The second-order valence-corrected chi connectivity index (χ2v) is 5.00. The van der Waals surface area contributed by atoms with Crippen molar-refractivity contribution in [1.29, 1.82) is 0 Å². The van der Waals surface area contributed by atoms with E-state index in [-0.39, 0.29) is 0 Å². The zero-order valence-corrected chi connectivity index (χ0v) is 11.2. The van der Waals surface area contributed by atoms with Gasteiger partial charge in [-0.2, -0.15) is 0 Å². The molecule has 1 heterocycles. The Morgan fingerprint density at radius 3 is 2.68 bits per heavy atom. The molecule has 0 unspecified atom stereocenters. The van der Waals surface area contributed by atoms with Crippen molar-refractivity contribution in [2.75, 3.05) is 37.2 Å². The molecule has 0 saturated carbocycles. The molecule has 1 saturated heterocycles. The molecule has 1 aromatic rings. The molecule has 5 N–H and O–H groups in total. The van der Waals surface area contributed by atoms with Crippen LogP contribution in [0, 0.1) is 0 Å². The first-order chi connectivity index (χ1) is 9.16. The summed E-state index contributed by atoms with van der Waals surface area (Å²) in [6, 6.07) is 5.20. The summed E-state index contributed by atoms with van der Waals surface area (Å²) in [5, 5.41) is 3.27. The first-order valence-electron chi connectivity index (χ1n) is 6.82. The second-order valence-electron chi connectivity index (χ2n) is 5.00. The Labute approximate surface area is 113 Å². The van der Waals surface area contributed by atoms with E-state index in [4.69, 9.17) is 11.5 Å². The minimum Gasteiger partial charge on any atom is -0.399 e. The standard InChI is InChI=1S/C14H22N4O/c15-11-4-5-13(12(10-11)14(16)19)17-6-9-18-7-2-1-3-8-18/h4-5,10,17H,1-3,6-9,15H2,(H2,16,19). The predicted molar refractivity (Wildman–Crippen MR) is 78.2 cm³/mol. The number of primary amides is 1. The van der Waals surface area contributed by atoms with E-state index in [9.17, 15) is 4.79 Å². The topological polar surface area (TPSA) is 84.4 Å². The summed E-state index contributed by atoms with van der Waals surface area (Å²) in [4.78, 5) is 13.8. The number of nitrogens with zero attached hydrogens (tertiary/aromatic N) is 1. The number of benzene rings is 1. The molecule has 1 aliphatic heterocycles. The molecular formula is C14H22N4O. The average molecular weight is 262 g/mol. The highest BCUT2D eigenvalue weighted by Gasteiger charge is 2.11. The summed E-state index contributed by atoms with van der Waals surface area (Å²) in [5.41, 5.74) is 12.8. The first kappa shape index (κ1) is 13.7. The van der Waals surface area contributed by atoms with E-state index in [1.165, 1.54) is 32.4 Å². The van der Waals surface area contributed by atoms with Gasteiger partial charge in [-0.05, 0) is 44.1 Å². The van der Waals surface area contributed by atoms with Crippen LogP contribution in [0.5, 0.6) is 0 Å². The number of likely N-dealkylation sites (tertiary alicyclic amines) is 1. The number of nitrogen functional groups attached to an aromatic ring is 1. The molecule has 5 nitrogen and oxygen atoms in total. The Kier molecular flexibility index (Phi) is 4.63. The van der Waals surface area contributed by atoms with E-state index in [0.717, 1.165) is 18.8 Å². The van der Waals surface area contributed by atoms with E-state index in [0.29, 0.717) is 11.3 Å². The molecular weight excluding hydrogens is 240 g/mol. The molecule has 19 heavy (non-hydrogen) atoms. The van der Waals surface area contributed by atoms with E-state index in [2.05, 4.69) is 10.2 Å². The van der Waals surface area contributed by atoms with Gasteiger partial charge >= 0.3 is 0 Å². The van der Waals surface area contributed by atoms with Crippen LogP contribution < -0.4 is 16.8 Å². The molecule has 0 aliphatic carbocycles. The Morgan fingerprint density at radius 1 is 1.26 bits per heavy atom. The third-order valence-electron chi connectivity index (χ3n) is 3.50. The van der Waals surface area contributed by atoms with Crippen LogP contribution in [0.15, 0.2) is 18.2 Å². The molecule has 0 spiro atoms. The molecule has 1 aliphatic rings. The molecule has 2 rings (SSSR count). The van der Waals surface area contributed by atoms with E-state index in [1.807, 2.05) is 6.07 Å². The van der Waals surface area contributed by atoms with E-state index < -0.39 is 5.91 Å². The maximum atomic E-state index is 11.4. The molecule has 1 amide bonds. The van der Waals surface area contributed by atoms with Gasteiger partial charge in [-0.1, -0.05) is 6.42 Å². The normalized spacial score (nSPS) is 16.2. The Balaban J connectivity index is 1.89. The fourth-order valence-electron chi connectivity index (χ4n) is 2.45. The molecule has 5 heteroatoms. The Bertz CT molecular complexity index is 441. The van der Waals surface area contributed by atoms with Gasteiger partial charge in [-0.15, -0.1) is 0 Å². The monoisotopic (exact) mass is 262 g/mol. The lowest BCUT2D eigenvalue weighted by Crippen LogP contribution is -2.33. The lowest BCUT2D eigenvalue weighted by atomic mass is 10.1. The van der Waals surface area contributed by atoms with Gasteiger partial charge in [0.1, 0.15) is 0 Å². The number of anilines is 2. The third-order valence-corrected chi connectivity index (χ3v) is 3.50. The number of hydrogen-bond donors (Lipinski definition) is 3. The fraction of sp³-hybridized carbons (Fsp3) is 0.500. The molecule has 1 aromatic carbocycles. The number of carbonyl (C=O) groups excluding carboxylic acids is 1. The third kappa shape index (κ3) is 3.86. The highest BCUT2D eigenvalue weighted by Crippen LogP contribution is 2.18. The zero-order chi connectivity index (χ0) is 13.7. The minimum absolute atomic E-state index is 0.451. The number of rotatable bonds is 5. The highest BCUT2D eigenvalue weighted by atomic mass is 16.1. The van der Waals surface area contributed by atoms with Crippen molar-refractivity contribution in [1.82, 2.24) is 4.90 Å². The van der Waals surface area contributed by atoms with Crippen LogP contribution in [0.25, 0.3) is 0 Å². The van der Waals surface area contributed by atoms with Crippen molar-refractivity contribution in [3.8, 4) is 0 Å². The smallest absolute Gasteiger partial charge is 0.250 e. The maximum Gasteiger partial charge on any atom is 0.250 e. The Hall–Kier alpha value is -1.75. The molecule has 0 bridgehead atoms. The van der Waals surface area contributed by atoms with Gasteiger partial charge < -0.3 is 21.7 Å². The molecule has 0 radical (unpaired) electrons. The van der Waals surface area contributed by atoms with Crippen molar-refractivity contribution < 1.29 is 4.79 Å². The summed E-state index contributed by atoms with van der Waals surface area (Å²) >= 11 is 0. The second kappa shape index (κ2) is 6.43. The van der Waals surface area contributed by atoms with Gasteiger partial charge in [0.2, 0.25) is 0 Å². The summed E-state index contributed by atoms with van der Waals surface area (Å²) < 4.78 is 0. The first-order valence-corrected chi connectivity index (χ1v) is 6.82. The van der Waals surface area contributed by atoms with Crippen LogP contribution in [0.2, 0.25) is 0 Å². The summed E-state index contributed by atoms with van der Waals surface area (Å²) in [5.74, 6) is -0.451. The van der Waals surface area contributed by atoms with E-state index in [1.54, 1.807) is 12.1 Å². The van der Waals surface area contributed by atoms with Crippen molar-refractivity contribution in [2.45, 2.75) is 19.3 Å². The quantitative estimate of drug-likeness (QED) is 0.698. The van der Waals surface area contributed by atoms with Gasteiger partial charge in [0, 0.05) is 24.5 Å². The van der Waals surface area contributed by atoms with Crippen molar-refractivity contribution in [3.63, 3.8) is 0 Å². The van der Waals surface area contributed by atoms with Gasteiger partial charge in [0.25, 0.3) is 5.91 Å². The number of amides is 1. The molecule has 104 valence electrons. The number of nitrogens with two attached hydrogens (primary N) is 2. The van der Waals surface area contributed by atoms with E-state index >= 15 is 0 Å². The van der Waals surface area contributed by atoms with Crippen molar-refractivity contribution in [2.24, 2.45) is 5.73 Å². The number of piperidine rings is 1. The zero-order valence-electron chi connectivity index (χ0n) is 11.2. The predicted octanol–water partition coefficient (Wildman–Crippen LogP) is 1.27. The summed E-state index contributed by atoms with van der Waals surface area (Å²) in [6.07, 6.45) is 3.91.